The fraction of sp³-hybridized carbons (Fsp3) is 0.714. The van der Waals surface area contributed by atoms with E-state index in [1.807, 2.05) is 18.3 Å². The largest absolute Gasteiger partial charge is 0.372 e. The molecule has 1 aromatic rings. The van der Waals surface area contributed by atoms with E-state index in [-0.39, 0.29) is 11.6 Å². The van der Waals surface area contributed by atoms with Crippen LogP contribution in [0.1, 0.15) is 56.9 Å². The topological polar surface area (TPSA) is 45.7 Å². The predicted octanol–water partition coefficient (Wildman–Crippen LogP) is 3.00. The smallest absolute Gasteiger partial charge is 0.243 e. The van der Waals surface area contributed by atoms with Crippen LogP contribution in [0.4, 0.5) is 0 Å². The Balaban J connectivity index is 1.39. The molecule has 2 saturated heterocycles. The number of ether oxygens (including phenoxy) is 1. The lowest BCUT2D eigenvalue weighted by molar-refractivity contribution is -0.148. The van der Waals surface area contributed by atoms with Crippen molar-refractivity contribution >= 4 is 5.91 Å². The zero-order valence-corrected chi connectivity index (χ0v) is 15.7. The van der Waals surface area contributed by atoms with Crippen molar-refractivity contribution < 1.29 is 9.53 Å². The first-order valence-corrected chi connectivity index (χ1v) is 10.3. The molecule has 142 valence electrons. The molecule has 5 nitrogen and oxygen atoms in total. The summed E-state index contributed by atoms with van der Waals surface area (Å²) >= 11 is 0. The van der Waals surface area contributed by atoms with Crippen LogP contribution in [-0.2, 0) is 16.1 Å². The Hall–Kier alpha value is -1.46. The van der Waals surface area contributed by atoms with Crippen LogP contribution in [0, 0.1) is 0 Å². The molecule has 5 heteroatoms. The van der Waals surface area contributed by atoms with Gasteiger partial charge in [0.2, 0.25) is 5.91 Å². The van der Waals surface area contributed by atoms with Gasteiger partial charge in [-0.25, -0.2) is 0 Å². The van der Waals surface area contributed by atoms with E-state index in [0.717, 1.165) is 57.4 Å². The molecule has 1 aromatic heterocycles. The molecule has 1 atom stereocenters. The molecule has 0 bridgehead atoms. The van der Waals surface area contributed by atoms with Gasteiger partial charge in [-0.05, 0) is 63.2 Å². The molecule has 26 heavy (non-hydrogen) atoms. The van der Waals surface area contributed by atoms with Gasteiger partial charge >= 0.3 is 0 Å². The van der Waals surface area contributed by atoms with Crippen molar-refractivity contribution in [1.29, 1.82) is 0 Å². The first-order chi connectivity index (χ1) is 12.8. The first-order valence-electron chi connectivity index (χ1n) is 10.3. The summed E-state index contributed by atoms with van der Waals surface area (Å²) in [4.78, 5) is 22.3. The fourth-order valence-corrected chi connectivity index (χ4v) is 5.02. The van der Waals surface area contributed by atoms with E-state index < -0.39 is 0 Å². The van der Waals surface area contributed by atoms with E-state index in [2.05, 4.69) is 14.8 Å². The highest BCUT2D eigenvalue weighted by atomic mass is 16.5. The highest BCUT2D eigenvalue weighted by Gasteiger charge is 2.49. The summed E-state index contributed by atoms with van der Waals surface area (Å²) in [7, 11) is 0. The number of hydrogen-bond donors (Lipinski definition) is 0. The zero-order chi connectivity index (χ0) is 17.8. The lowest BCUT2D eigenvalue weighted by Gasteiger charge is -2.43. The molecule has 3 aliphatic rings. The van der Waals surface area contributed by atoms with Crippen LogP contribution < -0.4 is 0 Å². The molecule has 0 N–H and O–H groups in total. The summed E-state index contributed by atoms with van der Waals surface area (Å²) in [6.07, 6.45) is 12.8. The van der Waals surface area contributed by atoms with Gasteiger partial charge in [0, 0.05) is 25.5 Å². The number of rotatable bonds is 5. The minimum atomic E-state index is -0.207. The molecule has 1 saturated carbocycles. The molecule has 3 heterocycles. The van der Waals surface area contributed by atoms with Crippen molar-refractivity contribution in [3.05, 3.63) is 30.1 Å². The second-order valence-corrected chi connectivity index (χ2v) is 8.12. The van der Waals surface area contributed by atoms with Gasteiger partial charge < -0.3 is 9.64 Å². The summed E-state index contributed by atoms with van der Waals surface area (Å²) < 4.78 is 6.12. The highest BCUT2D eigenvalue weighted by molar-refractivity contribution is 5.87. The Labute approximate surface area is 156 Å². The van der Waals surface area contributed by atoms with Crippen LogP contribution in [-0.4, -0.2) is 58.5 Å². The van der Waals surface area contributed by atoms with Gasteiger partial charge in [0.25, 0.3) is 0 Å². The standard InChI is InChI=1S/C21H31N3O2/c25-20(21(9-1-2-10-21)24-13-3-4-14-24)23-12-6-8-19(16-23)26-17-18-7-5-11-22-15-18/h5,7,11,15,19H,1-4,6,8-10,12-14,16-17H2. The molecule has 3 fully saturated rings. The first kappa shape index (κ1) is 17.9. The van der Waals surface area contributed by atoms with Crippen molar-refractivity contribution in [3.8, 4) is 0 Å². The fourth-order valence-electron chi connectivity index (χ4n) is 5.02. The number of pyridine rings is 1. The lowest BCUT2D eigenvalue weighted by Crippen LogP contribution is -2.59. The molecular formula is C21H31N3O2. The van der Waals surface area contributed by atoms with Gasteiger partial charge in [0.15, 0.2) is 0 Å². The summed E-state index contributed by atoms with van der Waals surface area (Å²) in [6.45, 7) is 4.41. The zero-order valence-electron chi connectivity index (χ0n) is 15.7. The third kappa shape index (κ3) is 3.65. The van der Waals surface area contributed by atoms with E-state index >= 15 is 0 Å². The SMILES string of the molecule is O=C(N1CCCC(OCc2cccnc2)C1)C1(N2CCCC2)CCCC1. The van der Waals surface area contributed by atoms with Crippen LogP contribution in [0.2, 0.25) is 0 Å². The van der Waals surface area contributed by atoms with Gasteiger partial charge in [0.1, 0.15) is 5.54 Å². The summed E-state index contributed by atoms with van der Waals surface area (Å²) in [5, 5.41) is 0. The third-order valence-electron chi connectivity index (χ3n) is 6.41. The number of piperidine rings is 1. The molecule has 1 aliphatic carbocycles. The maximum Gasteiger partial charge on any atom is 0.243 e. The number of likely N-dealkylation sites (tertiary alicyclic amines) is 2. The van der Waals surface area contributed by atoms with Crippen molar-refractivity contribution in [2.45, 2.75) is 69.6 Å². The van der Waals surface area contributed by atoms with Crippen LogP contribution >= 0.6 is 0 Å². The van der Waals surface area contributed by atoms with Crippen molar-refractivity contribution in [1.82, 2.24) is 14.8 Å². The maximum absolute atomic E-state index is 13.5. The molecule has 1 amide bonds. The third-order valence-corrected chi connectivity index (χ3v) is 6.41. The highest BCUT2D eigenvalue weighted by Crippen LogP contribution is 2.39. The Morgan fingerprint density at radius 3 is 2.69 bits per heavy atom. The summed E-state index contributed by atoms with van der Waals surface area (Å²) in [5.41, 5.74) is 0.891. The Morgan fingerprint density at radius 1 is 1.15 bits per heavy atom. The number of aromatic nitrogens is 1. The summed E-state index contributed by atoms with van der Waals surface area (Å²) in [6, 6.07) is 3.98. The van der Waals surface area contributed by atoms with E-state index in [9.17, 15) is 4.79 Å². The van der Waals surface area contributed by atoms with Gasteiger partial charge in [-0.3, -0.25) is 14.7 Å². The quantitative estimate of drug-likeness (QED) is 0.813. The van der Waals surface area contributed by atoms with Gasteiger partial charge in [-0.1, -0.05) is 18.9 Å². The average Bonchev–Trinajstić information content (AvgIpc) is 3.39. The van der Waals surface area contributed by atoms with E-state index in [4.69, 9.17) is 4.74 Å². The van der Waals surface area contributed by atoms with Crippen LogP contribution in [0.3, 0.4) is 0 Å². The predicted molar refractivity (Wildman–Crippen MR) is 101 cm³/mol. The molecular weight excluding hydrogens is 326 g/mol. The molecule has 4 rings (SSSR count). The number of carbonyl (C=O) groups excluding carboxylic acids is 1. The second-order valence-electron chi connectivity index (χ2n) is 8.12. The molecule has 0 radical (unpaired) electrons. The number of amides is 1. The van der Waals surface area contributed by atoms with Crippen molar-refractivity contribution in [2.24, 2.45) is 0 Å². The van der Waals surface area contributed by atoms with E-state index in [1.54, 1.807) is 6.20 Å². The van der Waals surface area contributed by atoms with Gasteiger partial charge in [-0.15, -0.1) is 0 Å². The second kappa shape index (κ2) is 8.05. The van der Waals surface area contributed by atoms with Gasteiger partial charge in [0.05, 0.1) is 12.7 Å². The Bertz CT molecular complexity index is 595. The van der Waals surface area contributed by atoms with E-state index in [0.29, 0.717) is 12.5 Å². The molecule has 0 spiro atoms. The molecule has 2 aliphatic heterocycles. The van der Waals surface area contributed by atoms with Crippen molar-refractivity contribution in [3.63, 3.8) is 0 Å². The van der Waals surface area contributed by atoms with Crippen LogP contribution in [0.25, 0.3) is 0 Å². The Kier molecular flexibility index (Phi) is 5.55. The lowest BCUT2D eigenvalue weighted by atomic mass is 9.92. The molecule has 1 unspecified atom stereocenters. The maximum atomic E-state index is 13.5. The number of carbonyl (C=O) groups is 1. The van der Waals surface area contributed by atoms with Crippen molar-refractivity contribution in [2.75, 3.05) is 26.2 Å². The number of nitrogens with zero attached hydrogens (tertiary/aromatic N) is 3. The Morgan fingerprint density at radius 2 is 1.96 bits per heavy atom. The minimum absolute atomic E-state index is 0.143. The minimum Gasteiger partial charge on any atom is -0.372 e. The normalized spacial score (nSPS) is 26.3. The van der Waals surface area contributed by atoms with Gasteiger partial charge in [-0.2, -0.15) is 0 Å². The molecule has 0 aromatic carbocycles. The van der Waals surface area contributed by atoms with Crippen LogP contribution in [0.15, 0.2) is 24.5 Å². The van der Waals surface area contributed by atoms with Crippen LogP contribution in [0.5, 0.6) is 0 Å². The number of hydrogen-bond acceptors (Lipinski definition) is 4. The monoisotopic (exact) mass is 357 g/mol. The summed E-state index contributed by atoms with van der Waals surface area (Å²) in [5.74, 6) is 0.381. The average molecular weight is 357 g/mol. The van der Waals surface area contributed by atoms with E-state index in [1.165, 1.54) is 25.7 Å².